The van der Waals surface area contributed by atoms with Crippen LogP contribution in [0.2, 0.25) is 0 Å². The maximum atomic E-state index is 10.8. The fourth-order valence-electron chi connectivity index (χ4n) is 0.564. The second-order valence-electron chi connectivity index (χ2n) is 2.41. The number of hydrazine groups is 1. The minimum Gasteiger partial charge on any atom is -0.450 e. The zero-order chi connectivity index (χ0) is 10.1. The van der Waals surface area contributed by atoms with Gasteiger partial charge in [-0.2, -0.15) is 0 Å². The number of ether oxygens (including phenoxy) is 1. The summed E-state index contributed by atoms with van der Waals surface area (Å²) in [7, 11) is 0. The predicted octanol–water partition coefficient (Wildman–Crippen LogP) is -0.497. The van der Waals surface area contributed by atoms with E-state index in [0.29, 0.717) is 6.61 Å². The maximum absolute atomic E-state index is 10.8. The van der Waals surface area contributed by atoms with Gasteiger partial charge in [0.1, 0.15) is 6.54 Å². The third kappa shape index (κ3) is 7.07. The number of nitrogens with one attached hydrogen (secondary N) is 2. The Balaban J connectivity index is 3.35. The Morgan fingerprint density at radius 1 is 1.46 bits per heavy atom. The smallest absolute Gasteiger partial charge is 0.407 e. The molecule has 2 amide bonds. The van der Waals surface area contributed by atoms with Crippen molar-refractivity contribution in [3.63, 3.8) is 0 Å². The standard InChI is InChI=1S/C7H15N3O3/c1-2-3-4-13-7(12)9-5-6(11)10-8/h2-5,8H2,1H3,(H,9,12)(H,10,11). The molecule has 0 heterocycles. The highest BCUT2D eigenvalue weighted by Crippen LogP contribution is 1.87. The van der Waals surface area contributed by atoms with Crippen molar-refractivity contribution in [3.05, 3.63) is 0 Å². The molecule has 6 heteroatoms. The highest BCUT2D eigenvalue weighted by molar-refractivity contribution is 5.81. The molecular weight excluding hydrogens is 174 g/mol. The van der Waals surface area contributed by atoms with Crippen molar-refractivity contribution in [2.75, 3.05) is 13.2 Å². The van der Waals surface area contributed by atoms with E-state index in [4.69, 9.17) is 10.6 Å². The Kier molecular flexibility index (Phi) is 6.62. The molecule has 76 valence electrons. The normalized spacial score (nSPS) is 9.08. The van der Waals surface area contributed by atoms with Crippen molar-refractivity contribution in [3.8, 4) is 0 Å². The van der Waals surface area contributed by atoms with E-state index in [9.17, 15) is 9.59 Å². The molecule has 0 saturated carbocycles. The Bertz CT molecular complexity index is 172. The summed E-state index contributed by atoms with van der Waals surface area (Å²) in [5.41, 5.74) is 1.88. The Hall–Kier alpha value is -1.30. The van der Waals surface area contributed by atoms with E-state index in [2.05, 4.69) is 5.32 Å². The van der Waals surface area contributed by atoms with Crippen LogP contribution in [0.1, 0.15) is 19.8 Å². The molecule has 4 N–H and O–H groups in total. The lowest BCUT2D eigenvalue weighted by molar-refractivity contribution is -0.120. The number of rotatable bonds is 5. The number of hydrogen-bond donors (Lipinski definition) is 3. The summed E-state index contributed by atoms with van der Waals surface area (Å²) in [5.74, 6) is 4.32. The highest BCUT2D eigenvalue weighted by Gasteiger charge is 2.03. The Labute approximate surface area is 76.8 Å². The molecule has 0 aliphatic rings. The molecule has 13 heavy (non-hydrogen) atoms. The van der Waals surface area contributed by atoms with Gasteiger partial charge in [-0.3, -0.25) is 10.2 Å². The minimum absolute atomic E-state index is 0.165. The molecule has 0 radical (unpaired) electrons. The van der Waals surface area contributed by atoms with Crippen LogP contribution in [0.3, 0.4) is 0 Å². The topological polar surface area (TPSA) is 93.4 Å². The minimum atomic E-state index is -0.600. The average Bonchev–Trinajstić information content (AvgIpc) is 2.14. The van der Waals surface area contributed by atoms with Gasteiger partial charge in [-0.05, 0) is 6.42 Å². The molecular formula is C7H15N3O3. The molecule has 0 unspecified atom stereocenters. The van der Waals surface area contributed by atoms with Crippen LogP contribution in [-0.2, 0) is 9.53 Å². The molecule has 0 spiro atoms. The zero-order valence-electron chi connectivity index (χ0n) is 7.63. The predicted molar refractivity (Wildman–Crippen MR) is 46.6 cm³/mol. The SMILES string of the molecule is CCCCOC(=O)NCC(=O)NN. The number of hydrogen-bond acceptors (Lipinski definition) is 4. The van der Waals surface area contributed by atoms with Gasteiger partial charge in [-0.25, -0.2) is 10.6 Å². The molecule has 0 fully saturated rings. The fraction of sp³-hybridized carbons (Fsp3) is 0.714. The lowest BCUT2D eigenvalue weighted by Crippen LogP contribution is -2.40. The van der Waals surface area contributed by atoms with E-state index >= 15 is 0 Å². The van der Waals surface area contributed by atoms with Gasteiger partial charge in [-0.15, -0.1) is 0 Å². The summed E-state index contributed by atoms with van der Waals surface area (Å²) in [6.45, 7) is 2.19. The van der Waals surface area contributed by atoms with Crippen LogP contribution < -0.4 is 16.6 Å². The van der Waals surface area contributed by atoms with E-state index in [1.54, 1.807) is 0 Å². The first-order valence-electron chi connectivity index (χ1n) is 4.10. The van der Waals surface area contributed by atoms with Gasteiger partial charge in [0.05, 0.1) is 6.61 Å². The molecule has 0 atom stereocenters. The summed E-state index contributed by atoms with van der Waals surface area (Å²) in [4.78, 5) is 21.3. The third-order valence-electron chi connectivity index (χ3n) is 1.29. The van der Waals surface area contributed by atoms with Gasteiger partial charge in [0.15, 0.2) is 0 Å². The van der Waals surface area contributed by atoms with Crippen molar-refractivity contribution in [1.82, 2.24) is 10.7 Å². The monoisotopic (exact) mass is 189 g/mol. The van der Waals surface area contributed by atoms with Gasteiger partial charge in [0, 0.05) is 0 Å². The molecule has 0 aromatic carbocycles. The first kappa shape index (κ1) is 11.7. The van der Waals surface area contributed by atoms with Gasteiger partial charge in [0.2, 0.25) is 0 Å². The van der Waals surface area contributed by atoms with Crippen molar-refractivity contribution in [2.24, 2.45) is 5.84 Å². The van der Waals surface area contributed by atoms with Crippen molar-refractivity contribution >= 4 is 12.0 Å². The third-order valence-corrected chi connectivity index (χ3v) is 1.29. The van der Waals surface area contributed by atoms with Crippen LogP contribution in [-0.4, -0.2) is 25.2 Å². The molecule has 0 aliphatic carbocycles. The molecule has 0 bridgehead atoms. The van der Waals surface area contributed by atoms with Gasteiger partial charge >= 0.3 is 6.09 Å². The largest absolute Gasteiger partial charge is 0.450 e. The second-order valence-corrected chi connectivity index (χ2v) is 2.41. The van der Waals surface area contributed by atoms with Crippen LogP contribution in [0, 0.1) is 0 Å². The summed E-state index contributed by atoms with van der Waals surface area (Å²) in [6, 6.07) is 0. The number of nitrogens with two attached hydrogens (primary N) is 1. The molecule has 6 nitrogen and oxygen atoms in total. The van der Waals surface area contributed by atoms with E-state index in [0.717, 1.165) is 12.8 Å². The second kappa shape index (κ2) is 7.35. The van der Waals surface area contributed by atoms with Gasteiger partial charge in [-0.1, -0.05) is 13.3 Å². The van der Waals surface area contributed by atoms with E-state index in [-0.39, 0.29) is 6.54 Å². The molecule has 0 aromatic rings. The zero-order valence-corrected chi connectivity index (χ0v) is 7.63. The lowest BCUT2D eigenvalue weighted by Gasteiger charge is -2.04. The van der Waals surface area contributed by atoms with Crippen LogP contribution >= 0.6 is 0 Å². The Morgan fingerprint density at radius 3 is 2.69 bits per heavy atom. The summed E-state index contributed by atoms with van der Waals surface area (Å²) in [5, 5.41) is 2.24. The molecule has 0 rings (SSSR count). The van der Waals surface area contributed by atoms with Crippen molar-refractivity contribution in [2.45, 2.75) is 19.8 Å². The van der Waals surface area contributed by atoms with Crippen LogP contribution in [0.4, 0.5) is 4.79 Å². The van der Waals surface area contributed by atoms with Crippen LogP contribution in [0.15, 0.2) is 0 Å². The number of amides is 2. The molecule has 0 saturated heterocycles. The number of unbranched alkanes of at least 4 members (excludes halogenated alkanes) is 1. The first-order chi connectivity index (χ1) is 6.20. The first-order valence-corrected chi connectivity index (χ1v) is 4.10. The van der Waals surface area contributed by atoms with E-state index < -0.39 is 12.0 Å². The van der Waals surface area contributed by atoms with Gasteiger partial charge < -0.3 is 10.1 Å². The van der Waals surface area contributed by atoms with Crippen molar-refractivity contribution < 1.29 is 14.3 Å². The highest BCUT2D eigenvalue weighted by atomic mass is 16.5. The van der Waals surface area contributed by atoms with Crippen molar-refractivity contribution in [1.29, 1.82) is 0 Å². The summed E-state index contributed by atoms with van der Waals surface area (Å²) in [6.07, 6.45) is 1.17. The Morgan fingerprint density at radius 2 is 2.15 bits per heavy atom. The maximum Gasteiger partial charge on any atom is 0.407 e. The summed E-state index contributed by atoms with van der Waals surface area (Å²) < 4.78 is 4.71. The van der Waals surface area contributed by atoms with Crippen LogP contribution in [0.25, 0.3) is 0 Å². The fourth-order valence-corrected chi connectivity index (χ4v) is 0.564. The van der Waals surface area contributed by atoms with Gasteiger partial charge in [0.25, 0.3) is 5.91 Å². The van der Waals surface area contributed by atoms with E-state index in [1.165, 1.54) is 0 Å². The quantitative estimate of drug-likeness (QED) is 0.235. The lowest BCUT2D eigenvalue weighted by atomic mass is 10.4. The number of carbonyl (C=O) groups is 2. The summed E-state index contributed by atoms with van der Waals surface area (Å²) >= 11 is 0. The molecule has 0 aliphatic heterocycles. The average molecular weight is 189 g/mol. The number of alkyl carbamates (subject to hydrolysis) is 1. The number of carbonyl (C=O) groups excluding carboxylic acids is 2. The van der Waals surface area contributed by atoms with Crippen LogP contribution in [0.5, 0.6) is 0 Å². The van der Waals surface area contributed by atoms with E-state index in [1.807, 2.05) is 12.3 Å². The molecule has 0 aromatic heterocycles.